The van der Waals surface area contributed by atoms with E-state index in [1.54, 1.807) is 0 Å². The molecule has 0 atom stereocenters. The number of aryl methyl sites for hydroxylation is 2. The highest BCUT2D eigenvalue weighted by Crippen LogP contribution is 2.39. The summed E-state index contributed by atoms with van der Waals surface area (Å²) in [5, 5.41) is 5.82. The van der Waals surface area contributed by atoms with Gasteiger partial charge in [-0.1, -0.05) is 77.9 Å². The molecule has 218 valence electrons. The Labute approximate surface area is 256 Å². The minimum Gasteiger partial charge on any atom is -0.456 e. The second-order valence-electron chi connectivity index (χ2n) is 14.2. The summed E-state index contributed by atoms with van der Waals surface area (Å²) in [4.78, 5) is 14.7. The van der Waals surface area contributed by atoms with Crippen molar-refractivity contribution < 1.29 is 8.98 Å². The maximum atomic E-state index is 6.62. The van der Waals surface area contributed by atoms with Gasteiger partial charge in [-0.3, -0.25) is 0 Å². The van der Waals surface area contributed by atoms with Gasteiger partial charge < -0.3 is 4.42 Å². The molecule has 0 aliphatic heterocycles. The third-order valence-corrected chi connectivity index (χ3v) is 8.87. The van der Waals surface area contributed by atoms with Crippen LogP contribution in [0.2, 0.25) is 0 Å². The lowest BCUT2D eigenvalue weighted by molar-refractivity contribution is -0.617. The van der Waals surface area contributed by atoms with Crippen LogP contribution in [-0.2, 0) is 17.9 Å². The molecule has 0 aliphatic carbocycles. The minimum absolute atomic E-state index is 0.201. The first-order valence-corrected chi connectivity index (χ1v) is 15.3. The number of rotatable bonds is 1. The van der Waals surface area contributed by atoms with Crippen molar-refractivity contribution in [2.75, 3.05) is 0 Å². The highest BCUT2D eigenvalue weighted by Gasteiger charge is 2.27. The van der Waals surface area contributed by atoms with Crippen LogP contribution < -0.4 is 4.57 Å². The van der Waals surface area contributed by atoms with E-state index in [9.17, 15) is 0 Å². The van der Waals surface area contributed by atoms with Crippen LogP contribution in [0.15, 0.2) is 77.2 Å². The highest BCUT2D eigenvalue weighted by atomic mass is 16.3. The molecule has 8 rings (SSSR count). The molecule has 0 unspecified atom stereocenters. The number of para-hydroxylation sites is 2. The molecule has 6 nitrogen and oxygen atoms in total. The summed E-state index contributed by atoms with van der Waals surface area (Å²) < 4.78 is 11.4. The fraction of sp³-hybridized carbons (Fsp3) is 0.263. The van der Waals surface area contributed by atoms with Gasteiger partial charge in [0.15, 0.2) is 16.9 Å². The van der Waals surface area contributed by atoms with Crippen LogP contribution in [0.5, 0.6) is 0 Å². The molecule has 0 N–H and O–H groups in total. The third kappa shape index (κ3) is 3.79. The van der Waals surface area contributed by atoms with Crippen molar-refractivity contribution >= 4 is 60.3 Å². The second kappa shape index (κ2) is 8.85. The van der Waals surface area contributed by atoms with Crippen LogP contribution in [0.4, 0.5) is 0 Å². The van der Waals surface area contributed by atoms with Gasteiger partial charge in [0.1, 0.15) is 28.3 Å². The molecule has 0 spiro atoms. The van der Waals surface area contributed by atoms with Crippen molar-refractivity contribution in [1.82, 2.24) is 19.4 Å². The molecule has 0 saturated heterocycles. The molecule has 0 radical (unpaired) electrons. The summed E-state index contributed by atoms with van der Waals surface area (Å²) in [7, 11) is 2.17. The van der Waals surface area contributed by atoms with Crippen LogP contribution in [0, 0.1) is 6.92 Å². The van der Waals surface area contributed by atoms with E-state index in [0.717, 1.165) is 44.7 Å². The summed E-state index contributed by atoms with van der Waals surface area (Å²) in [6.07, 6.45) is 0. The van der Waals surface area contributed by atoms with Crippen molar-refractivity contribution in [3.05, 3.63) is 90.0 Å². The molecule has 4 aromatic heterocycles. The van der Waals surface area contributed by atoms with Crippen molar-refractivity contribution in [2.45, 2.75) is 59.3 Å². The van der Waals surface area contributed by atoms with Gasteiger partial charge in [-0.2, -0.15) is 4.40 Å². The van der Waals surface area contributed by atoms with Crippen LogP contribution in [0.3, 0.4) is 0 Å². The third-order valence-electron chi connectivity index (χ3n) is 8.87. The topological polar surface area (TPSA) is 60.1 Å². The molecule has 44 heavy (non-hydrogen) atoms. The van der Waals surface area contributed by atoms with Crippen molar-refractivity contribution in [3.8, 4) is 11.4 Å². The summed E-state index contributed by atoms with van der Waals surface area (Å²) in [6.45, 7) is 15.0. The Morgan fingerprint density at radius 1 is 0.659 bits per heavy atom. The average Bonchev–Trinajstić information content (AvgIpc) is 3.49. The molecule has 0 fully saturated rings. The molecule has 0 saturated carbocycles. The fourth-order valence-corrected chi connectivity index (χ4v) is 6.55. The van der Waals surface area contributed by atoms with Gasteiger partial charge in [0, 0.05) is 37.9 Å². The summed E-state index contributed by atoms with van der Waals surface area (Å²) in [6, 6.07) is 26.1. The van der Waals surface area contributed by atoms with Crippen molar-refractivity contribution in [2.24, 2.45) is 7.05 Å². The smallest absolute Gasteiger partial charge is 0.295 e. The maximum Gasteiger partial charge on any atom is 0.295 e. The number of pyridine rings is 1. The number of fused-ring (bicyclic) bond motifs is 11. The first kappa shape index (κ1) is 26.8. The maximum absolute atomic E-state index is 6.62. The van der Waals surface area contributed by atoms with E-state index in [2.05, 4.69) is 137 Å². The Balaban J connectivity index is 1.44. The number of hydrogen-bond acceptors (Lipinski definition) is 4. The van der Waals surface area contributed by atoms with E-state index in [0.29, 0.717) is 5.82 Å². The number of benzene rings is 4. The lowest BCUT2D eigenvalue weighted by Gasteiger charge is -2.22. The van der Waals surface area contributed by atoms with Crippen LogP contribution in [0.1, 0.15) is 58.8 Å². The highest BCUT2D eigenvalue weighted by molar-refractivity contribution is 6.19. The first-order valence-electron chi connectivity index (χ1n) is 15.3. The monoisotopic (exact) mass is 578 g/mol. The summed E-state index contributed by atoms with van der Waals surface area (Å²) in [5.74, 6) is 2.26. The van der Waals surface area contributed by atoms with E-state index in [4.69, 9.17) is 19.4 Å². The molecule has 0 aliphatic rings. The molecular formula is C38H36N5O+. The van der Waals surface area contributed by atoms with Crippen LogP contribution in [0.25, 0.3) is 71.7 Å². The Morgan fingerprint density at radius 3 is 2.09 bits per heavy atom. The number of nitrogens with zero attached hydrogens (tertiary/aromatic N) is 5. The van der Waals surface area contributed by atoms with Gasteiger partial charge in [0.25, 0.3) is 5.65 Å². The standard InChI is InChI=1S/C38H36N5O/c1-21-12-11-13-24-25-20-31-26(19-29(25)43-28-15-10-9-14-27(28)42(8)34(43)32(21)24)23-17-16-22(18-30(23)44-31)33-39-35(37(2,3)4)41-36(40-33)38(5,6)7/h9-20H,1-8H3/q+1. The number of imidazole rings is 1. The fourth-order valence-electron chi connectivity index (χ4n) is 6.55. The summed E-state index contributed by atoms with van der Waals surface area (Å²) >= 11 is 0. The van der Waals surface area contributed by atoms with Gasteiger partial charge in [0.2, 0.25) is 0 Å². The van der Waals surface area contributed by atoms with E-state index in [1.165, 1.54) is 38.4 Å². The zero-order valence-electron chi connectivity index (χ0n) is 26.6. The average molecular weight is 579 g/mol. The Morgan fingerprint density at radius 2 is 1.36 bits per heavy atom. The lowest BCUT2D eigenvalue weighted by Crippen LogP contribution is -2.27. The Kier molecular flexibility index (Phi) is 5.38. The molecule has 8 aromatic rings. The van der Waals surface area contributed by atoms with E-state index in [1.807, 2.05) is 0 Å². The predicted molar refractivity (Wildman–Crippen MR) is 179 cm³/mol. The Hall–Kier alpha value is -4.84. The first-order chi connectivity index (χ1) is 20.9. The molecule has 4 aromatic carbocycles. The predicted octanol–water partition coefficient (Wildman–Crippen LogP) is 8.88. The van der Waals surface area contributed by atoms with Crippen molar-refractivity contribution in [3.63, 3.8) is 0 Å². The molecular weight excluding hydrogens is 542 g/mol. The van der Waals surface area contributed by atoms with E-state index in [-0.39, 0.29) is 10.8 Å². The van der Waals surface area contributed by atoms with Gasteiger partial charge in [-0.15, -0.1) is 0 Å². The molecule has 0 bridgehead atoms. The van der Waals surface area contributed by atoms with Crippen LogP contribution in [-0.4, -0.2) is 19.4 Å². The zero-order chi connectivity index (χ0) is 30.7. The summed E-state index contributed by atoms with van der Waals surface area (Å²) in [5.41, 5.74) is 8.21. The van der Waals surface area contributed by atoms with Gasteiger partial charge in [0.05, 0.1) is 12.4 Å². The number of aromatic nitrogens is 5. The molecule has 4 heterocycles. The van der Waals surface area contributed by atoms with E-state index >= 15 is 0 Å². The SMILES string of the molecule is Cc1cccc2c3cc4oc5cc(-c6nc(C(C)(C)C)nc(C(C)(C)C)n6)ccc5c4cc3n3c4ccccc4[n+](C)c3c12. The largest absolute Gasteiger partial charge is 0.456 e. The van der Waals surface area contributed by atoms with Crippen LogP contribution >= 0.6 is 0 Å². The normalized spacial score (nSPS) is 13.0. The molecule has 6 heteroatoms. The van der Waals surface area contributed by atoms with Gasteiger partial charge in [-0.25, -0.2) is 19.5 Å². The van der Waals surface area contributed by atoms with E-state index < -0.39 is 0 Å². The van der Waals surface area contributed by atoms with Gasteiger partial charge >= 0.3 is 0 Å². The van der Waals surface area contributed by atoms with Crippen molar-refractivity contribution in [1.29, 1.82) is 0 Å². The minimum atomic E-state index is -0.201. The molecule has 0 amide bonds. The quantitative estimate of drug-likeness (QED) is 0.144. The second-order valence-corrected chi connectivity index (χ2v) is 14.2. The zero-order valence-corrected chi connectivity index (χ0v) is 26.6. The lowest BCUT2D eigenvalue weighted by atomic mass is 9.93. The Bertz CT molecular complexity index is 2450. The number of hydrogen-bond donors (Lipinski definition) is 0. The number of furan rings is 1. The van der Waals surface area contributed by atoms with Gasteiger partial charge in [-0.05, 0) is 48.9 Å².